The van der Waals surface area contributed by atoms with Gasteiger partial charge in [-0.3, -0.25) is 18.6 Å². The summed E-state index contributed by atoms with van der Waals surface area (Å²) < 4.78 is 32.7. The number of ether oxygens (including phenoxy) is 2. The minimum Gasteiger partial charge on any atom is -0.462 e. The monoisotopic (exact) mass is 827 g/mol. The molecule has 0 aliphatic carbocycles. The molecule has 3 N–H and O–H groups in total. The summed E-state index contributed by atoms with van der Waals surface area (Å²) in [5, 5.41) is 18.3. The zero-order valence-electron chi connectivity index (χ0n) is 36.0. The van der Waals surface area contributed by atoms with Gasteiger partial charge in [0, 0.05) is 12.8 Å². The maximum absolute atomic E-state index is 12.6. The standard InChI is InChI=1S/C46H83O10P/c1-3-5-7-9-11-13-15-17-19-20-21-22-24-25-27-29-31-33-35-37-45(49)53-41-44(42-55-57(51,52)54-40-43(48)39-47)56-46(50)38-36-34-32-30-28-26-23-18-16-14-12-10-8-6-4-2/h6,8,10,12,14,16,18,23,43-44,47-48H,3-5,7,9,11,13,15,17,19-22,24-42H2,1-2H3,(H,51,52)/b8-6+,12-10+,16-14+,23-18+/t43-,44+/m0/s1. The zero-order valence-corrected chi connectivity index (χ0v) is 36.9. The van der Waals surface area contributed by atoms with Gasteiger partial charge in [0.2, 0.25) is 0 Å². The number of esters is 2. The van der Waals surface area contributed by atoms with Crippen molar-refractivity contribution in [3.8, 4) is 0 Å². The summed E-state index contributed by atoms with van der Waals surface area (Å²) in [5.41, 5.74) is 0. The minimum absolute atomic E-state index is 0.158. The average molecular weight is 827 g/mol. The number of rotatable bonds is 42. The Morgan fingerprint density at radius 2 is 0.965 bits per heavy atom. The number of allylic oxidation sites excluding steroid dienone is 8. The topological polar surface area (TPSA) is 149 Å². The first-order chi connectivity index (χ1) is 27.7. The Labute approximate surface area is 347 Å². The average Bonchev–Trinajstić information content (AvgIpc) is 3.20. The molecule has 57 heavy (non-hydrogen) atoms. The van der Waals surface area contributed by atoms with Gasteiger partial charge in [-0.25, -0.2) is 4.57 Å². The van der Waals surface area contributed by atoms with Crippen LogP contribution in [0, 0.1) is 0 Å². The summed E-state index contributed by atoms with van der Waals surface area (Å²) in [7, 11) is -4.62. The van der Waals surface area contributed by atoms with E-state index in [1.54, 1.807) is 0 Å². The largest absolute Gasteiger partial charge is 0.472 e. The SMILES string of the molecule is CC/C=C/C=C/C=C/C=C/CCCCCCCC(=O)O[C@H](COC(=O)CCCCCCCCCCCCCCCCCCCCC)COP(=O)(O)OC[C@@H](O)CO. The predicted molar refractivity (Wildman–Crippen MR) is 233 cm³/mol. The van der Waals surface area contributed by atoms with E-state index in [2.05, 4.69) is 30.5 Å². The number of unbranched alkanes of at least 4 members (excludes halogenated alkanes) is 23. The second-order valence-electron chi connectivity index (χ2n) is 15.1. The highest BCUT2D eigenvalue weighted by atomic mass is 31.2. The van der Waals surface area contributed by atoms with Crippen LogP contribution in [0.5, 0.6) is 0 Å². The van der Waals surface area contributed by atoms with Gasteiger partial charge in [0.05, 0.1) is 19.8 Å². The Hall–Kier alpha value is -2.07. The number of hydrogen-bond acceptors (Lipinski definition) is 9. The Bertz CT molecular complexity index is 1090. The molecular formula is C46H83O10P. The molecule has 0 aromatic rings. The fourth-order valence-electron chi connectivity index (χ4n) is 6.12. The smallest absolute Gasteiger partial charge is 0.462 e. The van der Waals surface area contributed by atoms with Gasteiger partial charge in [-0.1, -0.05) is 197 Å². The highest BCUT2D eigenvalue weighted by molar-refractivity contribution is 7.47. The second-order valence-corrected chi connectivity index (χ2v) is 16.6. The first-order valence-corrected chi connectivity index (χ1v) is 24.1. The Balaban J connectivity index is 4.26. The van der Waals surface area contributed by atoms with Gasteiger partial charge in [0.1, 0.15) is 12.7 Å². The molecule has 1 unspecified atom stereocenters. The van der Waals surface area contributed by atoms with Crippen LogP contribution in [0.15, 0.2) is 48.6 Å². The molecule has 0 rings (SSSR count). The summed E-state index contributed by atoms with van der Waals surface area (Å²) in [6.45, 7) is 2.23. The van der Waals surface area contributed by atoms with Crippen LogP contribution >= 0.6 is 7.82 Å². The van der Waals surface area contributed by atoms with E-state index in [1.165, 1.54) is 96.3 Å². The minimum atomic E-state index is -4.62. The molecule has 0 spiro atoms. The van der Waals surface area contributed by atoms with Crippen molar-refractivity contribution in [2.75, 3.05) is 26.4 Å². The number of carbonyl (C=O) groups is 2. The van der Waals surface area contributed by atoms with E-state index in [-0.39, 0.29) is 19.4 Å². The summed E-state index contributed by atoms with van der Waals surface area (Å²) in [5.74, 6) is -0.947. The molecule has 0 aromatic heterocycles. The van der Waals surface area contributed by atoms with Crippen molar-refractivity contribution in [3.63, 3.8) is 0 Å². The summed E-state index contributed by atoms with van der Waals surface area (Å²) in [6.07, 6.45) is 45.1. The van der Waals surface area contributed by atoms with E-state index in [4.69, 9.17) is 19.1 Å². The van der Waals surface area contributed by atoms with Crippen molar-refractivity contribution in [1.29, 1.82) is 0 Å². The van der Waals surface area contributed by atoms with E-state index >= 15 is 0 Å². The maximum Gasteiger partial charge on any atom is 0.472 e. The summed E-state index contributed by atoms with van der Waals surface area (Å²) in [4.78, 5) is 35.0. The lowest BCUT2D eigenvalue weighted by Crippen LogP contribution is -2.29. The number of carbonyl (C=O) groups excluding carboxylic acids is 2. The molecule has 0 bridgehead atoms. The van der Waals surface area contributed by atoms with Crippen LogP contribution in [-0.2, 0) is 32.7 Å². The third-order valence-electron chi connectivity index (χ3n) is 9.59. The van der Waals surface area contributed by atoms with Crippen LogP contribution in [0.3, 0.4) is 0 Å². The van der Waals surface area contributed by atoms with E-state index in [0.717, 1.165) is 57.8 Å². The van der Waals surface area contributed by atoms with Crippen LogP contribution < -0.4 is 0 Å². The molecule has 0 aromatic carbocycles. The molecule has 0 aliphatic heterocycles. The molecule has 10 nitrogen and oxygen atoms in total. The van der Waals surface area contributed by atoms with Gasteiger partial charge in [0.15, 0.2) is 6.10 Å². The quantitative estimate of drug-likeness (QED) is 0.0235. The van der Waals surface area contributed by atoms with Crippen molar-refractivity contribution < 1.29 is 47.8 Å². The molecule has 0 fully saturated rings. The Morgan fingerprint density at radius 3 is 1.46 bits per heavy atom. The van der Waals surface area contributed by atoms with Crippen molar-refractivity contribution in [2.45, 2.75) is 206 Å². The first kappa shape index (κ1) is 54.9. The fourth-order valence-corrected chi connectivity index (χ4v) is 6.91. The van der Waals surface area contributed by atoms with Gasteiger partial charge < -0.3 is 24.6 Å². The van der Waals surface area contributed by atoms with E-state index < -0.39 is 51.8 Å². The van der Waals surface area contributed by atoms with Crippen molar-refractivity contribution in [3.05, 3.63) is 48.6 Å². The van der Waals surface area contributed by atoms with Gasteiger partial charge in [-0.2, -0.15) is 0 Å². The summed E-state index contributed by atoms with van der Waals surface area (Å²) >= 11 is 0. The molecule has 0 amide bonds. The van der Waals surface area contributed by atoms with Gasteiger partial charge in [0.25, 0.3) is 0 Å². The van der Waals surface area contributed by atoms with Gasteiger partial charge >= 0.3 is 19.8 Å². The Kier molecular flexibility index (Phi) is 40.5. The number of hydrogen-bond donors (Lipinski definition) is 3. The van der Waals surface area contributed by atoms with E-state index in [9.17, 15) is 24.2 Å². The first-order valence-electron chi connectivity index (χ1n) is 22.6. The number of aliphatic hydroxyl groups excluding tert-OH is 2. The highest BCUT2D eigenvalue weighted by Gasteiger charge is 2.27. The van der Waals surface area contributed by atoms with Crippen LogP contribution in [0.4, 0.5) is 0 Å². The molecule has 0 saturated carbocycles. The fraction of sp³-hybridized carbons (Fsp3) is 0.783. The predicted octanol–water partition coefficient (Wildman–Crippen LogP) is 12.1. The molecule has 0 saturated heterocycles. The number of phosphoric acid groups is 1. The van der Waals surface area contributed by atoms with E-state index in [0.29, 0.717) is 12.8 Å². The molecule has 3 atom stereocenters. The Morgan fingerprint density at radius 1 is 0.544 bits per heavy atom. The summed E-state index contributed by atoms with van der Waals surface area (Å²) in [6, 6.07) is 0. The zero-order chi connectivity index (χ0) is 41.9. The third-order valence-corrected chi connectivity index (χ3v) is 10.5. The molecular weight excluding hydrogens is 743 g/mol. The lowest BCUT2D eigenvalue weighted by molar-refractivity contribution is -0.161. The lowest BCUT2D eigenvalue weighted by atomic mass is 10.0. The second kappa shape index (κ2) is 42.1. The molecule has 0 heterocycles. The van der Waals surface area contributed by atoms with Gasteiger partial charge in [-0.15, -0.1) is 0 Å². The molecule has 0 aliphatic rings. The van der Waals surface area contributed by atoms with Gasteiger partial charge in [-0.05, 0) is 32.1 Å². The normalized spacial score (nSPS) is 14.3. The maximum atomic E-state index is 12.6. The van der Waals surface area contributed by atoms with Crippen LogP contribution in [0.25, 0.3) is 0 Å². The van der Waals surface area contributed by atoms with Crippen LogP contribution in [-0.4, -0.2) is 65.7 Å². The highest BCUT2D eigenvalue weighted by Crippen LogP contribution is 2.43. The number of phosphoric ester groups is 1. The van der Waals surface area contributed by atoms with Crippen LogP contribution in [0.2, 0.25) is 0 Å². The van der Waals surface area contributed by atoms with Crippen LogP contribution in [0.1, 0.15) is 194 Å². The number of aliphatic hydroxyl groups is 2. The van der Waals surface area contributed by atoms with Crippen molar-refractivity contribution in [2.24, 2.45) is 0 Å². The van der Waals surface area contributed by atoms with E-state index in [1.807, 2.05) is 36.5 Å². The third kappa shape index (κ3) is 41.9. The lowest BCUT2D eigenvalue weighted by Gasteiger charge is -2.20. The molecule has 332 valence electrons. The molecule has 11 heteroatoms. The van der Waals surface area contributed by atoms with Crippen molar-refractivity contribution in [1.82, 2.24) is 0 Å². The molecule has 0 radical (unpaired) electrons. The van der Waals surface area contributed by atoms with Crippen molar-refractivity contribution >= 4 is 19.8 Å².